The van der Waals surface area contributed by atoms with Crippen molar-refractivity contribution in [3.63, 3.8) is 0 Å². The lowest BCUT2D eigenvalue weighted by Crippen LogP contribution is -2.23. The monoisotopic (exact) mass is 358 g/mol. The van der Waals surface area contributed by atoms with Gasteiger partial charge < -0.3 is 10.2 Å². The number of nitrogens with zero attached hydrogens (tertiary/aromatic N) is 1. The highest BCUT2D eigenvalue weighted by Crippen LogP contribution is 2.23. The Balaban J connectivity index is 1.64. The van der Waals surface area contributed by atoms with Crippen molar-refractivity contribution in [3.05, 3.63) is 64.9 Å². The lowest BCUT2D eigenvalue weighted by molar-refractivity contribution is -0.117. The summed E-state index contributed by atoms with van der Waals surface area (Å²) in [5, 5.41) is 2.40. The van der Waals surface area contributed by atoms with Crippen molar-refractivity contribution in [2.45, 2.75) is 12.8 Å². The molecule has 0 atom stereocenters. The number of amides is 2. The molecule has 128 valence electrons. The van der Waals surface area contributed by atoms with E-state index in [0.717, 1.165) is 24.2 Å². The molecule has 0 bridgehead atoms. The van der Waals surface area contributed by atoms with Crippen molar-refractivity contribution in [2.75, 3.05) is 16.8 Å². The minimum atomic E-state index is -0.662. The number of rotatable bonds is 4. The van der Waals surface area contributed by atoms with Gasteiger partial charge in [-0.05, 0) is 42.3 Å². The van der Waals surface area contributed by atoms with E-state index < -0.39 is 11.7 Å². The van der Waals surface area contributed by atoms with Crippen LogP contribution >= 0.6 is 11.6 Å². The molecule has 0 spiro atoms. The van der Waals surface area contributed by atoms with E-state index in [2.05, 4.69) is 5.32 Å². The number of hydrogen-bond donors (Lipinski definition) is 1. The number of anilines is 2. The van der Waals surface area contributed by atoms with Crippen LogP contribution in [0.3, 0.4) is 0 Å². The number of benzene rings is 2. The highest BCUT2D eigenvalue weighted by atomic mass is 35.5. The van der Waals surface area contributed by atoms with Gasteiger partial charge in [0.25, 0.3) is 0 Å². The molecule has 0 aromatic heterocycles. The van der Waals surface area contributed by atoms with Gasteiger partial charge in [-0.3, -0.25) is 9.59 Å². The summed E-state index contributed by atoms with van der Waals surface area (Å²) in [7, 11) is 0. The van der Waals surface area contributed by atoms with Crippen LogP contribution in [0.15, 0.2) is 48.5 Å². The third-order valence-corrected chi connectivity index (χ3v) is 4.21. The Morgan fingerprint density at radius 1 is 1.20 bits per heavy atom. The molecule has 3 rings (SSSR count). The maximum Gasteiger partial charge on any atom is 0.248 e. The topological polar surface area (TPSA) is 49.4 Å². The van der Waals surface area contributed by atoms with E-state index in [4.69, 9.17) is 11.6 Å². The van der Waals surface area contributed by atoms with Crippen LogP contribution in [-0.4, -0.2) is 18.4 Å². The van der Waals surface area contributed by atoms with Gasteiger partial charge in [0, 0.05) is 24.7 Å². The second kappa shape index (κ2) is 7.49. The molecule has 0 unspecified atom stereocenters. The number of carbonyl (C=O) groups excluding carboxylic acids is 2. The third-order valence-electron chi connectivity index (χ3n) is 3.91. The number of nitrogens with one attached hydrogen (secondary N) is 1. The fourth-order valence-corrected chi connectivity index (χ4v) is 2.81. The summed E-state index contributed by atoms with van der Waals surface area (Å²) in [6.07, 6.45) is 4.40. The molecule has 25 heavy (non-hydrogen) atoms. The van der Waals surface area contributed by atoms with E-state index >= 15 is 0 Å². The van der Waals surface area contributed by atoms with Gasteiger partial charge in [-0.25, -0.2) is 4.39 Å². The summed E-state index contributed by atoms with van der Waals surface area (Å²) >= 11 is 5.68. The van der Waals surface area contributed by atoms with Crippen LogP contribution in [0.25, 0.3) is 6.08 Å². The number of carbonyl (C=O) groups is 2. The summed E-state index contributed by atoms with van der Waals surface area (Å²) in [5.41, 5.74) is 1.69. The Kier molecular flexibility index (Phi) is 5.14. The molecular weight excluding hydrogens is 343 g/mol. The zero-order valence-corrected chi connectivity index (χ0v) is 14.1. The predicted molar refractivity (Wildman–Crippen MR) is 97.1 cm³/mol. The summed E-state index contributed by atoms with van der Waals surface area (Å²) < 4.78 is 13.7. The molecule has 1 fully saturated rings. The first-order chi connectivity index (χ1) is 12.0. The van der Waals surface area contributed by atoms with Crippen LogP contribution in [0, 0.1) is 5.82 Å². The maximum atomic E-state index is 13.7. The number of hydrogen-bond acceptors (Lipinski definition) is 2. The molecule has 6 heteroatoms. The van der Waals surface area contributed by atoms with E-state index in [1.807, 2.05) is 24.3 Å². The first-order valence-corrected chi connectivity index (χ1v) is 8.26. The van der Waals surface area contributed by atoms with Gasteiger partial charge >= 0.3 is 0 Å². The van der Waals surface area contributed by atoms with Crippen molar-refractivity contribution in [3.8, 4) is 0 Å². The molecule has 4 nitrogen and oxygen atoms in total. The molecule has 0 aliphatic carbocycles. The molecule has 1 aliphatic rings. The first-order valence-electron chi connectivity index (χ1n) is 7.88. The van der Waals surface area contributed by atoms with Gasteiger partial charge in [-0.2, -0.15) is 0 Å². The smallest absolute Gasteiger partial charge is 0.248 e. The molecule has 2 aromatic carbocycles. The molecule has 1 saturated heterocycles. The zero-order valence-electron chi connectivity index (χ0n) is 13.3. The zero-order chi connectivity index (χ0) is 17.8. The maximum absolute atomic E-state index is 13.7. The minimum absolute atomic E-state index is 0.0324. The Labute approximate surface area is 149 Å². The van der Waals surface area contributed by atoms with Crippen LogP contribution in [0.2, 0.25) is 5.02 Å². The Hall–Kier alpha value is -2.66. The lowest BCUT2D eigenvalue weighted by atomic mass is 10.2. The molecular formula is C19H16ClFN2O2. The predicted octanol–water partition coefficient (Wildman–Crippen LogP) is 4.26. The number of halogens is 2. The molecule has 0 saturated carbocycles. The highest BCUT2D eigenvalue weighted by molar-refractivity contribution is 6.31. The fraction of sp³-hybridized carbons (Fsp3) is 0.158. The Morgan fingerprint density at radius 3 is 2.64 bits per heavy atom. The van der Waals surface area contributed by atoms with E-state index in [-0.39, 0.29) is 16.6 Å². The normalized spacial score (nSPS) is 14.3. The molecule has 2 amide bonds. The van der Waals surface area contributed by atoms with E-state index in [1.165, 1.54) is 18.2 Å². The van der Waals surface area contributed by atoms with Crippen molar-refractivity contribution in [2.24, 2.45) is 0 Å². The molecule has 1 aliphatic heterocycles. The highest BCUT2D eigenvalue weighted by Gasteiger charge is 2.21. The van der Waals surface area contributed by atoms with Gasteiger partial charge in [-0.1, -0.05) is 29.8 Å². The van der Waals surface area contributed by atoms with Gasteiger partial charge in [0.2, 0.25) is 11.8 Å². The van der Waals surface area contributed by atoms with Gasteiger partial charge in [0.15, 0.2) is 5.82 Å². The van der Waals surface area contributed by atoms with Crippen molar-refractivity contribution in [1.29, 1.82) is 0 Å². The molecule has 2 aromatic rings. The van der Waals surface area contributed by atoms with Gasteiger partial charge in [-0.15, -0.1) is 0 Å². The Bertz CT molecular complexity index is 834. The van der Waals surface area contributed by atoms with Crippen LogP contribution < -0.4 is 10.2 Å². The quantitative estimate of drug-likeness (QED) is 0.830. The SMILES string of the molecule is O=C(/C=C/c1ccc(N2CCCC2=O)cc1)Nc1cccc(Cl)c1F. The third kappa shape index (κ3) is 4.06. The summed E-state index contributed by atoms with van der Waals surface area (Å²) in [4.78, 5) is 25.4. The van der Waals surface area contributed by atoms with Gasteiger partial charge in [0.05, 0.1) is 10.7 Å². The molecule has 1 N–H and O–H groups in total. The lowest BCUT2D eigenvalue weighted by Gasteiger charge is -2.15. The average molecular weight is 359 g/mol. The van der Waals surface area contributed by atoms with Gasteiger partial charge in [0.1, 0.15) is 0 Å². The van der Waals surface area contributed by atoms with Crippen molar-refractivity contribution >= 4 is 40.9 Å². The fourth-order valence-electron chi connectivity index (χ4n) is 2.63. The molecule has 1 heterocycles. The first kappa shape index (κ1) is 17.2. The second-order valence-corrected chi connectivity index (χ2v) is 6.07. The standard InChI is InChI=1S/C19H16ClFN2O2/c20-15-3-1-4-16(19(15)21)22-17(24)11-8-13-6-9-14(10-7-13)23-12-2-5-18(23)25/h1,3-4,6-11H,2,5,12H2,(H,22,24)/b11-8+. The van der Waals surface area contributed by atoms with Crippen molar-refractivity contribution in [1.82, 2.24) is 0 Å². The van der Waals surface area contributed by atoms with Crippen LogP contribution in [-0.2, 0) is 9.59 Å². The van der Waals surface area contributed by atoms with E-state index in [1.54, 1.807) is 17.0 Å². The van der Waals surface area contributed by atoms with Crippen LogP contribution in [0.5, 0.6) is 0 Å². The van der Waals surface area contributed by atoms with Crippen LogP contribution in [0.4, 0.5) is 15.8 Å². The molecule has 0 radical (unpaired) electrons. The van der Waals surface area contributed by atoms with Crippen LogP contribution in [0.1, 0.15) is 18.4 Å². The van der Waals surface area contributed by atoms with E-state index in [9.17, 15) is 14.0 Å². The average Bonchev–Trinajstić information content (AvgIpc) is 3.04. The summed E-state index contributed by atoms with van der Waals surface area (Å²) in [5.74, 6) is -0.989. The van der Waals surface area contributed by atoms with E-state index in [0.29, 0.717) is 6.42 Å². The summed E-state index contributed by atoms with van der Waals surface area (Å²) in [6.45, 7) is 0.738. The minimum Gasteiger partial charge on any atom is -0.320 e. The largest absolute Gasteiger partial charge is 0.320 e. The second-order valence-electron chi connectivity index (χ2n) is 5.66. The van der Waals surface area contributed by atoms with Crippen molar-refractivity contribution < 1.29 is 14.0 Å². The summed E-state index contributed by atoms with van der Waals surface area (Å²) in [6, 6.07) is 11.7. The Morgan fingerprint density at radius 2 is 1.96 bits per heavy atom.